The van der Waals surface area contributed by atoms with Gasteiger partial charge in [-0.15, -0.1) is 11.8 Å². The van der Waals surface area contributed by atoms with Gasteiger partial charge in [0, 0.05) is 16.5 Å². The highest BCUT2D eigenvalue weighted by Gasteiger charge is 2.15. The van der Waals surface area contributed by atoms with Crippen LogP contribution in [0.5, 0.6) is 0 Å². The molecule has 4 aromatic rings. The molecule has 0 saturated carbocycles. The van der Waals surface area contributed by atoms with Gasteiger partial charge in [0.05, 0.1) is 16.8 Å². The Morgan fingerprint density at radius 1 is 0.897 bits per heavy atom. The number of benzene rings is 3. The van der Waals surface area contributed by atoms with Crippen molar-refractivity contribution in [3.63, 3.8) is 0 Å². The minimum atomic E-state index is 0.766. The van der Waals surface area contributed by atoms with E-state index in [0.717, 1.165) is 28.7 Å². The van der Waals surface area contributed by atoms with Gasteiger partial charge in [-0.2, -0.15) is 0 Å². The SMILES string of the molecule is Cc1cc(C)c(C)c(Cn2c(CSc3ccc(Cl)cc3)nc3ccccc32)c1C. The van der Waals surface area contributed by atoms with Crippen molar-refractivity contribution in [3.05, 3.63) is 93.3 Å². The molecular weight excluding hydrogens is 396 g/mol. The molecule has 0 bridgehead atoms. The number of imidazole rings is 1. The van der Waals surface area contributed by atoms with Crippen LogP contribution in [-0.4, -0.2) is 9.55 Å². The average molecular weight is 421 g/mol. The number of hydrogen-bond acceptors (Lipinski definition) is 2. The zero-order chi connectivity index (χ0) is 20.5. The third-order valence-corrected chi connectivity index (χ3v) is 7.01. The first-order chi connectivity index (χ1) is 13.9. The molecule has 2 nitrogen and oxygen atoms in total. The molecule has 0 saturated heterocycles. The van der Waals surface area contributed by atoms with Gasteiger partial charge in [-0.25, -0.2) is 4.98 Å². The van der Waals surface area contributed by atoms with Crippen LogP contribution in [0.15, 0.2) is 59.5 Å². The third-order valence-electron chi connectivity index (χ3n) is 5.75. The number of para-hydroxylation sites is 2. The fourth-order valence-corrected chi connectivity index (χ4v) is 4.76. The second-order valence-electron chi connectivity index (χ2n) is 7.58. The van der Waals surface area contributed by atoms with Crippen LogP contribution in [0.4, 0.5) is 0 Å². The maximum absolute atomic E-state index is 6.03. The van der Waals surface area contributed by atoms with Gasteiger partial charge in [-0.05, 0) is 91.9 Å². The molecule has 29 heavy (non-hydrogen) atoms. The lowest BCUT2D eigenvalue weighted by atomic mass is 9.94. The zero-order valence-corrected chi connectivity index (χ0v) is 18.9. The number of rotatable bonds is 5. The highest BCUT2D eigenvalue weighted by molar-refractivity contribution is 7.98. The van der Waals surface area contributed by atoms with Crippen molar-refractivity contribution in [3.8, 4) is 0 Å². The Kier molecular flexibility index (Phi) is 5.71. The number of hydrogen-bond donors (Lipinski definition) is 0. The number of aromatic nitrogens is 2. The summed E-state index contributed by atoms with van der Waals surface area (Å²) in [6.45, 7) is 9.72. The van der Waals surface area contributed by atoms with Crippen molar-refractivity contribution in [2.24, 2.45) is 0 Å². The van der Waals surface area contributed by atoms with Crippen molar-refractivity contribution in [1.82, 2.24) is 9.55 Å². The minimum absolute atomic E-state index is 0.766. The Morgan fingerprint density at radius 2 is 1.55 bits per heavy atom. The normalized spacial score (nSPS) is 11.3. The molecule has 1 aromatic heterocycles. The molecule has 148 valence electrons. The summed E-state index contributed by atoms with van der Waals surface area (Å²) in [5.41, 5.74) is 9.11. The van der Waals surface area contributed by atoms with Gasteiger partial charge < -0.3 is 4.57 Å². The predicted molar refractivity (Wildman–Crippen MR) is 125 cm³/mol. The molecule has 4 rings (SSSR count). The minimum Gasteiger partial charge on any atom is -0.323 e. The van der Waals surface area contributed by atoms with E-state index in [1.54, 1.807) is 11.8 Å². The van der Waals surface area contributed by atoms with Crippen LogP contribution >= 0.6 is 23.4 Å². The first-order valence-corrected chi connectivity index (χ1v) is 11.2. The van der Waals surface area contributed by atoms with Gasteiger partial charge in [0.1, 0.15) is 5.82 Å². The van der Waals surface area contributed by atoms with Crippen LogP contribution in [0.25, 0.3) is 11.0 Å². The Bertz CT molecular complexity index is 1150. The molecule has 3 aromatic carbocycles. The van der Waals surface area contributed by atoms with Gasteiger partial charge >= 0.3 is 0 Å². The van der Waals surface area contributed by atoms with Crippen molar-refractivity contribution in [1.29, 1.82) is 0 Å². The van der Waals surface area contributed by atoms with Crippen LogP contribution in [-0.2, 0) is 12.3 Å². The summed E-state index contributed by atoms with van der Waals surface area (Å²) in [6, 6.07) is 18.7. The summed E-state index contributed by atoms with van der Waals surface area (Å²) in [6.07, 6.45) is 0. The highest BCUT2D eigenvalue weighted by atomic mass is 35.5. The highest BCUT2D eigenvalue weighted by Crippen LogP contribution is 2.29. The Hall–Kier alpha value is -2.23. The largest absolute Gasteiger partial charge is 0.323 e. The molecule has 0 aliphatic heterocycles. The molecule has 0 atom stereocenters. The Labute approximate surface area is 181 Å². The number of fused-ring (bicyclic) bond motifs is 1. The first-order valence-electron chi connectivity index (χ1n) is 9.83. The fourth-order valence-electron chi connectivity index (χ4n) is 3.78. The molecule has 0 amide bonds. The molecule has 0 fully saturated rings. The average Bonchev–Trinajstić information content (AvgIpc) is 3.06. The van der Waals surface area contributed by atoms with Crippen LogP contribution < -0.4 is 0 Å². The maximum Gasteiger partial charge on any atom is 0.120 e. The second-order valence-corrected chi connectivity index (χ2v) is 9.07. The van der Waals surface area contributed by atoms with E-state index >= 15 is 0 Å². The van der Waals surface area contributed by atoms with Gasteiger partial charge in [0.2, 0.25) is 0 Å². The molecule has 1 heterocycles. The third kappa shape index (κ3) is 4.08. The maximum atomic E-state index is 6.03. The molecule has 0 aliphatic carbocycles. The molecule has 4 heteroatoms. The second kappa shape index (κ2) is 8.25. The molecule has 0 aliphatic rings. The van der Waals surface area contributed by atoms with Crippen LogP contribution in [0.1, 0.15) is 33.6 Å². The molecule has 0 radical (unpaired) electrons. The summed E-state index contributed by atoms with van der Waals surface area (Å²) >= 11 is 7.82. The summed E-state index contributed by atoms with van der Waals surface area (Å²) in [7, 11) is 0. The van der Waals surface area contributed by atoms with Crippen molar-refractivity contribution in [2.75, 3.05) is 0 Å². The molecule has 0 N–H and O–H groups in total. The lowest BCUT2D eigenvalue weighted by Crippen LogP contribution is -2.09. The van der Waals surface area contributed by atoms with E-state index in [0.29, 0.717) is 0 Å². The van der Waals surface area contributed by atoms with Crippen molar-refractivity contribution < 1.29 is 0 Å². The number of aryl methyl sites for hydroxylation is 2. The summed E-state index contributed by atoms with van der Waals surface area (Å²) in [4.78, 5) is 6.16. The van der Waals surface area contributed by atoms with Crippen LogP contribution in [0, 0.1) is 27.7 Å². The topological polar surface area (TPSA) is 17.8 Å². The number of halogens is 1. The monoisotopic (exact) mass is 420 g/mol. The van der Waals surface area contributed by atoms with Crippen LogP contribution in [0.3, 0.4) is 0 Å². The lowest BCUT2D eigenvalue weighted by molar-refractivity contribution is 0.769. The van der Waals surface area contributed by atoms with Gasteiger partial charge in [-0.1, -0.05) is 29.8 Å². The summed E-state index contributed by atoms with van der Waals surface area (Å²) in [5, 5.41) is 0.766. The van der Waals surface area contributed by atoms with E-state index in [9.17, 15) is 0 Å². The standard InChI is InChI=1S/C25H25ClN2S/c1-16-13-17(2)19(4)22(18(16)3)14-28-24-8-6-5-7-23(24)27-25(28)15-29-21-11-9-20(26)10-12-21/h5-13H,14-15H2,1-4H3. The smallest absolute Gasteiger partial charge is 0.120 e. The Balaban J connectivity index is 1.74. The quantitative estimate of drug-likeness (QED) is 0.316. The van der Waals surface area contributed by atoms with E-state index in [1.807, 2.05) is 12.1 Å². The van der Waals surface area contributed by atoms with E-state index in [-0.39, 0.29) is 0 Å². The van der Waals surface area contributed by atoms with Gasteiger partial charge in [0.25, 0.3) is 0 Å². The van der Waals surface area contributed by atoms with E-state index in [2.05, 4.69) is 74.7 Å². The van der Waals surface area contributed by atoms with Crippen molar-refractivity contribution >= 4 is 34.4 Å². The number of thioether (sulfide) groups is 1. The zero-order valence-electron chi connectivity index (χ0n) is 17.3. The van der Waals surface area contributed by atoms with Gasteiger partial charge in [-0.3, -0.25) is 0 Å². The molecule has 0 unspecified atom stereocenters. The van der Waals surface area contributed by atoms with Crippen LogP contribution in [0.2, 0.25) is 5.02 Å². The van der Waals surface area contributed by atoms with E-state index in [1.165, 1.54) is 38.2 Å². The Morgan fingerprint density at radius 3 is 2.24 bits per heavy atom. The van der Waals surface area contributed by atoms with Gasteiger partial charge in [0.15, 0.2) is 0 Å². The summed E-state index contributed by atoms with van der Waals surface area (Å²) in [5.74, 6) is 1.92. The van der Waals surface area contributed by atoms with Crippen molar-refractivity contribution in [2.45, 2.75) is 44.9 Å². The molecule has 0 spiro atoms. The lowest BCUT2D eigenvalue weighted by Gasteiger charge is -2.18. The van der Waals surface area contributed by atoms with E-state index in [4.69, 9.17) is 16.6 Å². The summed E-state index contributed by atoms with van der Waals surface area (Å²) < 4.78 is 2.38. The fraction of sp³-hybridized carbons (Fsp3) is 0.240. The van der Waals surface area contributed by atoms with E-state index < -0.39 is 0 Å². The molecular formula is C25H25ClN2S. The predicted octanol–water partition coefficient (Wildman–Crippen LogP) is 7.26. The number of nitrogens with zero attached hydrogens (tertiary/aromatic N) is 2. The first kappa shape index (κ1) is 20.1.